The fraction of sp³-hybridized carbons (Fsp3) is 0.600. The van der Waals surface area contributed by atoms with Crippen LogP contribution in [0.15, 0.2) is 24.3 Å². The van der Waals surface area contributed by atoms with Crippen molar-refractivity contribution in [3.8, 4) is 0 Å². The molecule has 2 atom stereocenters. The van der Waals surface area contributed by atoms with Crippen LogP contribution in [0.2, 0.25) is 0 Å². The summed E-state index contributed by atoms with van der Waals surface area (Å²) in [5.74, 6) is 0.352. The van der Waals surface area contributed by atoms with Crippen molar-refractivity contribution in [1.29, 1.82) is 0 Å². The normalized spacial score (nSPS) is 20.3. The summed E-state index contributed by atoms with van der Waals surface area (Å²) < 4.78 is 12.9. The number of benzene rings is 1. The second kappa shape index (κ2) is 6.35. The number of piperazine rings is 1. The largest absolute Gasteiger partial charge is 0.369 e. The lowest BCUT2D eigenvalue weighted by molar-refractivity contribution is 0.214. The van der Waals surface area contributed by atoms with Crippen LogP contribution in [0.25, 0.3) is 0 Å². The van der Waals surface area contributed by atoms with Crippen molar-refractivity contribution in [2.75, 3.05) is 37.6 Å². The van der Waals surface area contributed by atoms with E-state index in [9.17, 15) is 4.39 Å². The Morgan fingerprint density at radius 1 is 1.11 bits per heavy atom. The molecule has 1 aromatic rings. The third-order valence-electron chi connectivity index (χ3n) is 4.01. The molecule has 0 spiro atoms. The van der Waals surface area contributed by atoms with E-state index in [0.717, 1.165) is 38.4 Å². The molecule has 2 rings (SSSR count). The van der Waals surface area contributed by atoms with Gasteiger partial charge in [-0.2, -0.15) is 0 Å². The lowest BCUT2D eigenvalue weighted by Crippen LogP contribution is -2.49. The molecule has 19 heavy (non-hydrogen) atoms. The molecule has 1 aliphatic heterocycles. The number of rotatable bonds is 4. The Bertz CT molecular complexity index is 383. The summed E-state index contributed by atoms with van der Waals surface area (Å²) in [4.78, 5) is 4.78. The zero-order chi connectivity index (χ0) is 13.8. The first-order valence-electron chi connectivity index (χ1n) is 7.04. The Morgan fingerprint density at radius 2 is 1.68 bits per heavy atom. The average Bonchev–Trinajstić information content (AvgIpc) is 2.40. The molecule has 1 aromatic carbocycles. The first-order chi connectivity index (χ1) is 9.06. The van der Waals surface area contributed by atoms with Crippen molar-refractivity contribution in [3.05, 3.63) is 30.1 Å². The summed E-state index contributed by atoms with van der Waals surface area (Å²) in [5.41, 5.74) is 7.03. The highest BCUT2D eigenvalue weighted by Crippen LogP contribution is 2.17. The van der Waals surface area contributed by atoms with E-state index in [0.29, 0.717) is 5.92 Å². The van der Waals surface area contributed by atoms with Crippen molar-refractivity contribution in [2.45, 2.75) is 19.9 Å². The van der Waals surface area contributed by atoms with Crippen LogP contribution < -0.4 is 10.6 Å². The van der Waals surface area contributed by atoms with Gasteiger partial charge >= 0.3 is 0 Å². The Balaban J connectivity index is 1.84. The summed E-state index contributed by atoms with van der Waals surface area (Å²) in [7, 11) is 0. The second-order valence-electron chi connectivity index (χ2n) is 5.60. The second-order valence-corrected chi connectivity index (χ2v) is 5.60. The first-order valence-corrected chi connectivity index (χ1v) is 7.04. The molecule has 1 aliphatic rings. The van der Waals surface area contributed by atoms with Crippen molar-refractivity contribution in [2.24, 2.45) is 11.7 Å². The van der Waals surface area contributed by atoms with Crippen LogP contribution >= 0.6 is 0 Å². The molecule has 0 aliphatic carbocycles. The third-order valence-corrected chi connectivity index (χ3v) is 4.01. The van der Waals surface area contributed by atoms with Gasteiger partial charge in [-0.25, -0.2) is 4.39 Å². The number of hydrogen-bond donors (Lipinski definition) is 1. The Kier molecular flexibility index (Phi) is 4.77. The van der Waals surface area contributed by atoms with E-state index in [2.05, 4.69) is 23.6 Å². The number of nitrogens with two attached hydrogens (primary N) is 1. The molecular formula is C15H24FN3. The quantitative estimate of drug-likeness (QED) is 0.903. The van der Waals surface area contributed by atoms with E-state index in [1.807, 2.05) is 12.1 Å². The van der Waals surface area contributed by atoms with Gasteiger partial charge < -0.3 is 10.6 Å². The van der Waals surface area contributed by atoms with Gasteiger partial charge in [0.25, 0.3) is 0 Å². The Labute approximate surface area is 115 Å². The van der Waals surface area contributed by atoms with Gasteiger partial charge in [-0.3, -0.25) is 4.90 Å². The molecule has 3 nitrogen and oxygen atoms in total. The summed E-state index contributed by atoms with van der Waals surface area (Å²) in [5, 5.41) is 0. The topological polar surface area (TPSA) is 32.5 Å². The Hall–Kier alpha value is -1.13. The predicted molar refractivity (Wildman–Crippen MR) is 77.9 cm³/mol. The fourth-order valence-corrected chi connectivity index (χ4v) is 2.41. The maximum absolute atomic E-state index is 12.9. The van der Waals surface area contributed by atoms with Gasteiger partial charge in [-0.05, 0) is 37.1 Å². The molecule has 106 valence electrons. The van der Waals surface area contributed by atoms with E-state index in [-0.39, 0.29) is 11.9 Å². The summed E-state index contributed by atoms with van der Waals surface area (Å²) in [6.45, 7) is 9.43. The van der Waals surface area contributed by atoms with Crippen LogP contribution in [0.3, 0.4) is 0 Å². The van der Waals surface area contributed by atoms with Crippen LogP contribution in [-0.4, -0.2) is 43.7 Å². The lowest BCUT2D eigenvalue weighted by Gasteiger charge is -2.37. The highest BCUT2D eigenvalue weighted by Gasteiger charge is 2.19. The molecule has 0 aromatic heterocycles. The predicted octanol–water partition coefficient (Wildman–Crippen LogP) is 1.93. The standard InChI is InChI=1S/C15H24FN3/c1-12(13(2)17)11-18-7-9-19(10-8-18)15-5-3-14(16)4-6-15/h3-6,12-13H,7-11,17H2,1-2H3. The summed E-state index contributed by atoms with van der Waals surface area (Å²) in [6, 6.07) is 7.01. The van der Waals surface area contributed by atoms with Crippen LogP contribution in [0.5, 0.6) is 0 Å². The van der Waals surface area contributed by atoms with Crippen LogP contribution in [0.4, 0.5) is 10.1 Å². The van der Waals surface area contributed by atoms with E-state index in [1.54, 1.807) is 0 Å². The molecule has 4 heteroatoms. The highest BCUT2D eigenvalue weighted by atomic mass is 19.1. The maximum atomic E-state index is 12.9. The molecule has 1 saturated heterocycles. The SMILES string of the molecule is CC(N)C(C)CN1CCN(c2ccc(F)cc2)CC1. The third kappa shape index (κ3) is 3.91. The number of hydrogen-bond acceptors (Lipinski definition) is 3. The van der Waals surface area contributed by atoms with Gasteiger partial charge in [0, 0.05) is 44.5 Å². The molecular weight excluding hydrogens is 241 g/mol. The van der Waals surface area contributed by atoms with Crippen molar-refractivity contribution >= 4 is 5.69 Å². The summed E-state index contributed by atoms with van der Waals surface area (Å²) in [6.07, 6.45) is 0. The van der Waals surface area contributed by atoms with Crippen molar-refractivity contribution in [3.63, 3.8) is 0 Å². The molecule has 0 amide bonds. The minimum Gasteiger partial charge on any atom is -0.369 e. The van der Waals surface area contributed by atoms with Gasteiger partial charge in [-0.1, -0.05) is 6.92 Å². The highest BCUT2D eigenvalue weighted by molar-refractivity contribution is 5.46. The lowest BCUT2D eigenvalue weighted by atomic mass is 10.0. The maximum Gasteiger partial charge on any atom is 0.123 e. The molecule has 0 bridgehead atoms. The number of anilines is 1. The molecule has 2 unspecified atom stereocenters. The van der Waals surface area contributed by atoms with Crippen LogP contribution in [-0.2, 0) is 0 Å². The minimum atomic E-state index is -0.173. The zero-order valence-electron chi connectivity index (χ0n) is 11.8. The molecule has 0 radical (unpaired) electrons. The molecule has 1 heterocycles. The van der Waals surface area contributed by atoms with Crippen LogP contribution in [0.1, 0.15) is 13.8 Å². The fourth-order valence-electron chi connectivity index (χ4n) is 2.41. The first kappa shape index (κ1) is 14.3. The Morgan fingerprint density at radius 3 is 2.21 bits per heavy atom. The smallest absolute Gasteiger partial charge is 0.123 e. The zero-order valence-corrected chi connectivity index (χ0v) is 11.8. The molecule has 0 saturated carbocycles. The van der Waals surface area contributed by atoms with Crippen molar-refractivity contribution in [1.82, 2.24) is 4.90 Å². The van der Waals surface area contributed by atoms with E-state index in [1.165, 1.54) is 12.1 Å². The molecule has 1 fully saturated rings. The average molecular weight is 265 g/mol. The van der Waals surface area contributed by atoms with E-state index < -0.39 is 0 Å². The summed E-state index contributed by atoms with van der Waals surface area (Å²) >= 11 is 0. The molecule has 2 N–H and O–H groups in total. The number of halogens is 1. The monoisotopic (exact) mass is 265 g/mol. The van der Waals surface area contributed by atoms with E-state index in [4.69, 9.17) is 5.73 Å². The van der Waals surface area contributed by atoms with Gasteiger partial charge in [-0.15, -0.1) is 0 Å². The van der Waals surface area contributed by atoms with E-state index >= 15 is 0 Å². The van der Waals surface area contributed by atoms with Crippen molar-refractivity contribution < 1.29 is 4.39 Å². The van der Waals surface area contributed by atoms with Gasteiger partial charge in [0.15, 0.2) is 0 Å². The van der Waals surface area contributed by atoms with Crippen LogP contribution in [0, 0.1) is 11.7 Å². The van der Waals surface area contributed by atoms with Gasteiger partial charge in [0.2, 0.25) is 0 Å². The minimum absolute atomic E-state index is 0.173. The van der Waals surface area contributed by atoms with Gasteiger partial charge in [0.1, 0.15) is 5.82 Å². The number of nitrogens with zero attached hydrogens (tertiary/aromatic N) is 2. The van der Waals surface area contributed by atoms with Gasteiger partial charge in [0.05, 0.1) is 0 Å².